The lowest BCUT2D eigenvalue weighted by Gasteiger charge is -2.14. The van der Waals surface area contributed by atoms with Gasteiger partial charge in [-0.3, -0.25) is 0 Å². The fraction of sp³-hybridized carbons (Fsp3) is 0.429. The molecule has 0 saturated carbocycles. The molecule has 1 heterocycles. The Kier molecular flexibility index (Phi) is 3.49. The molecule has 0 amide bonds. The van der Waals surface area contributed by atoms with Crippen molar-refractivity contribution >= 4 is 31.9 Å². The van der Waals surface area contributed by atoms with Crippen LogP contribution in [-0.2, 0) is 0 Å². The first-order chi connectivity index (χ1) is 4.86. The van der Waals surface area contributed by atoms with Crippen LogP contribution in [-0.4, -0.2) is 10.7 Å². The number of hydrogen-bond acceptors (Lipinski definition) is 1. The first kappa shape index (κ1) is 8.34. The third-order valence-electron chi connectivity index (χ3n) is 1.34. The first-order valence-electron chi connectivity index (χ1n) is 3.14. The first-order valence-corrected chi connectivity index (χ1v) is 5.38. The Bertz CT molecular complexity index is 154. The molecular weight excluding hydrogens is 258 g/mol. The molecule has 1 N–H and O–H groups in total. The van der Waals surface area contributed by atoms with Crippen LogP contribution >= 0.6 is 31.9 Å². The van der Waals surface area contributed by atoms with Gasteiger partial charge in [0.25, 0.3) is 0 Å². The summed E-state index contributed by atoms with van der Waals surface area (Å²) >= 11 is 6.79. The number of hydrogen-bond donors (Lipinski definition) is 1. The summed E-state index contributed by atoms with van der Waals surface area (Å²) in [5.41, 5.74) is 2.52. The van der Waals surface area contributed by atoms with Gasteiger partial charge < -0.3 is 5.32 Å². The number of allylic oxidation sites excluding steroid dienone is 4. The molecule has 0 unspecified atom stereocenters. The van der Waals surface area contributed by atoms with Crippen molar-refractivity contribution in [2.75, 3.05) is 10.7 Å². The van der Waals surface area contributed by atoms with Gasteiger partial charge in [-0.2, -0.15) is 0 Å². The lowest BCUT2D eigenvalue weighted by molar-refractivity contribution is 0.932. The SMILES string of the molecule is BrCC1=CCC=C(CBr)N1. The summed E-state index contributed by atoms with van der Waals surface area (Å²) in [6, 6.07) is 0. The van der Waals surface area contributed by atoms with Gasteiger partial charge in [-0.25, -0.2) is 0 Å². The Balaban J connectivity index is 2.49. The van der Waals surface area contributed by atoms with Gasteiger partial charge in [0.05, 0.1) is 0 Å². The van der Waals surface area contributed by atoms with Crippen molar-refractivity contribution in [3.05, 3.63) is 23.5 Å². The van der Waals surface area contributed by atoms with E-state index in [0.717, 1.165) is 17.1 Å². The fourth-order valence-electron chi connectivity index (χ4n) is 0.828. The quantitative estimate of drug-likeness (QED) is 0.758. The number of halogens is 2. The van der Waals surface area contributed by atoms with Crippen molar-refractivity contribution < 1.29 is 0 Å². The smallest absolute Gasteiger partial charge is 0.0431 e. The summed E-state index contributed by atoms with van der Waals surface area (Å²) in [7, 11) is 0. The average Bonchev–Trinajstić information content (AvgIpc) is 2.05. The van der Waals surface area contributed by atoms with Crippen LogP contribution in [0.25, 0.3) is 0 Å². The monoisotopic (exact) mass is 265 g/mol. The summed E-state index contributed by atoms with van der Waals surface area (Å²) in [5.74, 6) is 0. The topological polar surface area (TPSA) is 12.0 Å². The van der Waals surface area contributed by atoms with Crippen molar-refractivity contribution in [2.24, 2.45) is 0 Å². The van der Waals surface area contributed by atoms with Gasteiger partial charge in [-0.1, -0.05) is 44.0 Å². The summed E-state index contributed by atoms with van der Waals surface area (Å²) in [6.45, 7) is 0. The standard InChI is InChI=1S/C7H9Br2N/c8-4-6-2-1-3-7(5-9)10-6/h2-3,10H,1,4-5H2. The van der Waals surface area contributed by atoms with Gasteiger partial charge in [0.2, 0.25) is 0 Å². The van der Waals surface area contributed by atoms with Crippen molar-refractivity contribution in [1.82, 2.24) is 5.32 Å². The van der Waals surface area contributed by atoms with Gasteiger partial charge in [0.1, 0.15) is 0 Å². The zero-order valence-electron chi connectivity index (χ0n) is 5.53. The number of alkyl halides is 2. The molecule has 10 heavy (non-hydrogen) atoms. The van der Waals surface area contributed by atoms with Crippen LogP contribution < -0.4 is 5.32 Å². The van der Waals surface area contributed by atoms with Crippen LogP contribution in [0.4, 0.5) is 0 Å². The highest BCUT2D eigenvalue weighted by molar-refractivity contribution is 9.09. The average molecular weight is 267 g/mol. The van der Waals surface area contributed by atoms with E-state index in [4.69, 9.17) is 0 Å². The van der Waals surface area contributed by atoms with Gasteiger partial charge in [-0.15, -0.1) is 0 Å². The fourth-order valence-corrected chi connectivity index (χ4v) is 1.57. The second-order valence-electron chi connectivity index (χ2n) is 2.09. The molecule has 0 aromatic heterocycles. The van der Waals surface area contributed by atoms with Crippen molar-refractivity contribution in [3.8, 4) is 0 Å². The highest BCUT2D eigenvalue weighted by atomic mass is 79.9. The summed E-state index contributed by atoms with van der Waals surface area (Å²) in [4.78, 5) is 0. The Morgan fingerprint density at radius 1 is 1.20 bits per heavy atom. The molecule has 0 aliphatic carbocycles. The Morgan fingerprint density at radius 3 is 2.10 bits per heavy atom. The molecule has 0 saturated heterocycles. The maximum absolute atomic E-state index is 3.39. The second-order valence-corrected chi connectivity index (χ2v) is 3.21. The van der Waals surface area contributed by atoms with Crippen LogP contribution in [0.1, 0.15) is 6.42 Å². The van der Waals surface area contributed by atoms with E-state index in [1.165, 1.54) is 11.4 Å². The molecule has 0 radical (unpaired) electrons. The van der Waals surface area contributed by atoms with Crippen LogP contribution in [0.2, 0.25) is 0 Å². The van der Waals surface area contributed by atoms with Crippen molar-refractivity contribution in [1.29, 1.82) is 0 Å². The van der Waals surface area contributed by atoms with E-state index in [9.17, 15) is 0 Å². The third kappa shape index (κ3) is 2.13. The van der Waals surface area contributed by atoms with Crippen LogP contribution in [0.15, 0.2) is 23.5 Å². The molecule has 0 fully saturated rings. The molecule has 0 bridgehead atoms. The molecular formula is C7H9Br2N. The van der Waals surface area contributed by atoms with E-state index in [-0.39, 0.29) is 0 Å². The molecule has 0 aromatic carbocycles. The summed E-state index contributed by atoms with van der Waals surface area (Å²) < 4.78 is 0. The normalized spacial score (nSPS) is 17.4. The number of dihydropyridines is 1. The Hall–Kier alpha value is 0.240. The highest BCUT2D eigenvalue weighted by Crippen LogP contribution is 2.10. The molecule has 3 heteroatoms. The molecule has 0 spiro atoms. The molecule has 1 aliphatic rings. The van der Waals surface area contributed by atoms with Crippen LogP contribution in [0, 0.1) is 0 Å². The minimum absolute atomic E-state index is 0.914. The van der Waals surface area contributed by atoms with E-state index in [0.29, 0.717) is 0 Å². The van der Waals surface area contributed by atoms with Crippen molar-refractivity contribution in [3.63, 3.8) is 0 Å². The Morgan fingerprint density at radius 2 is 1.70 bits per heavy atom. The van der Waals surface area contributed by atoms with Crippen molar-refractivity contribution in [2.45, 2.75) is 6.42 Å². The predicted octanol–water partition coefficient (Wildman–Crippen LogP) is 2.54. The van der Waals surface area contributed by atoms with E-state index in [2.05, 4.69) is 49.3 Å². The second kappa shape index (κ2) is 4.19. The minimum atomic E-state index is 0.914. The van der Waals surface area contributed by atoms with Crippen LogP contribution in [0.5, 0.6) is 0 Å². The lowest BCUT2D eigenvalue weighted by atomic mass is 10.2. The van der Waals surface area contributed by atoms with E-state index in [1.54, 1.807) is 0 Å². The predicted molar refractivity (Wildman–Crippen MR) is 51.5 cm³/mol. The maximum Gasteiger partial charge on any atom is 0.0431 e. The highest BCUT2D eigenvalue weighted by Gasteiger charge is 2.01. The number of nitrogens with one attached hydrogen (secondary N) is 1. The zero-order chi connectivity index (χ0) is 7.40. The number of rotatable bonds is 2. The molecule has 0 atom stereocenters. The molecule has 1 aliphatic heterocycles. The zero-order valence-corrected chi connectivity index (χ0v) is 8.70. The third-order valence-corrected chi connectivity index (χ3v) is 2.55. The van der Waals surface area contributed by atoms with Gasteiger partial charge in [0, 0.05) is 22.1 Å². The molecule has 1 nitrogen and oxygen atoms in total. The van der Waals surface area contributed by atoms with Gasteiger partial charge >= 0.3 is 0 Å². The minimum Gasteiger partial charge on any atom is -0.361 e. The summed E-state index contributed by atoms with van der Waals surface area (Å²) in [5, 5.41) is 5.11. The van der Waals surface area contributed by atoms with Crippen LogP contribution in [0.3, 0.4) is 0 Å². The largest absolute Gasteiger partial charge is 0.361 e. The Labute approximate surface area is 77.8 Å². The van der Waals surface area contributed by atoms with Gasteiger partial charge in [0.15, 0.2) is 0 Å². The molecule has 56 valence electrons. The maximum atomic E-state index is 3.39. The molecule has 0 aromatic rings. The lowest BCUT2D eigenvalue weighted by Crippen LogP contribution is -2.17. The van der Waals surface area contributed by atoms with E-state index in [1.807, 2.05) is 0 Å². The summed E-state index contributed by atoms with van der Waals surface area (Å²) in [6.07, 6.45) is 5.41. The molecule has 1 rings (SSSR count). The van der Waals surface area contributed by atoms with E-state index < -0.39 is 0 Å². The van der Waals surface area contributed by atoms with E-state index >= 15 is 0 Å². The van der Waals surface area contributed by atoms with Gasteiger partial charge in [-0.05, 0) is 6.42 Å².